The fourth-order valence-electron chi connectivity index (χ4n) is 2.04. The second-order valence-electron chi connectivity index (χ2n) is 4.46. The lowest BCUT2D eigenvalue weighted by Crippen LogP contribution is -1.90. The first-order valence-corrected chi connectivity index (χ1v) is 6.25. The van der Waals surface area contributed by atoms with Crippen molar-refractivity contribution in [2.75, 3.05) is 0 Å². The molecule has 19 heavy (non-hydrogen) atoms. The van der Waals surface area contributed by atoms with Gasteiger partial charge in [-0.3, -0.25) is 0 Å². The van der Waals surface area contributed by atoms with Crippen molar-refractivity contribution in [1.82, 2.24) is 4.57 Å². The summed E-state index contributed by atoms with van der Waals surface area (Å²) >= 11 is 0. The van der Waals surface area contributed by atoms with Crippen LogP contribution in [-0.4, -0.2) is 9.67 Å². The highest BCUT2D eigenvalue weighted by atomic mass is 16.3. The molecule has 1 aromatic heterocycles. The lowest BCUT2D eigenvalue weighted by Gasteiger charge is -2.04. The summed E-state index contributed by atoms with van der Waals surface area (Å²) in [6.45, 7) is 5.59. The summed E-state index contributed by atoms with van der Waals surface area (Å²) in [5, 5.41) is 18.4. The van der Waals surface area contributed by atoms with Crippen LogP contribution in [0.25, 0.3) is 11.4 Å². The van der Waals surface area contributed by atoms with Crippen molar-refractivity contribution >= 4 is 5.76 Å². The molecular formula is C16H16N2O. The van der Waals surface area contributed by atoms with Gasteiger partial charge in [0.1, 0.15) is 11.8 Å². The Morgan fingerprint density at radius 2 is 2.00 bits per heavy atom. The van der Waals surface area contributed by atoms with E-state index in [0.717, 1.165) is 29.7 Å². The summed E-state index contributed by atoms with van der Waals surface area (Å²) in [4.78, 5) is 0. The van der Waals surface area contributed by atoms with Crippen LogP contribution in [0.2, 0.25) is 0 Å². The number of aryl methyl sites for hydroxylation is 1. The molecule has 0 saturated carbocycles. The van der Waals surface area contributed by atoms with Crippen LogP contribution in [0.1, 0.15) is 30.0 Å². The van der Waals surface area contributed by atoms with E-state index in [-0.39, 0.29) is 5.76 Å². The van der Waals surface area contributed by atoms with E-state index < -0.39 is 0 Å². The van der Waals surface area contributed by atoms with E-state index in [9.17, 15) is 5.11 Å². The molecule has 0 saturated heterocycles. The second-order valence-corrected chi connectivity index (χ2v) is 4.46. The van der Waals surface area contributed by atoms with Gasteiger partial charge in [-0.1, -0.05) is 19.9 Å². The highest BCUT2D eigenvalue weighted by molar-refractivity contribution is 5.57. The van der Waals surface area contributed by atoms with Crippen molar-refractivity contribution in [1.29, 1.82) is 5.26 Å². The van der Waals surface area contributed by atoms with Gasteiger partial charge in [-0.2, -0.15) is 5.26 Å². The number of aromatic nitrogens is 1. The van der Waals surface area contributed by atoms with Crippen LogP contribution in [0.4, 0.5) is 0 Å². The van der Waals surface area contributed by atoms with E-state index in [4.69, 9.17) is 5.26 Å². The molecule has 0 aliphatic heterocycles. The van der Waals surface area contributed by atoms with E-state index in [0.29, 0.717) is 5.56 Å². The van der Waals surface area contributed by atoms with Crippen molar-refractivity contribution in [2.24, 2.45) is 0 Å². The third kappa shape index (κ3) is 2.69. The molecule has 0 aliphatic rings. The maximum Gasteiger partial charge on any atom is 0.115 e. The molecule has 1 heterocycles. The fraction of sp³-hybridized carbons (Fsp3) is 0.188. The molecule has 0 aliphatic carbocycles. The van der Waals surface area contributed by atoms with Gasteiger partial charge in [0.05, 0.1) is 5.56 Å². The average Bonchev–Trinajstić information content (AvgIpc) is 2.82. The van der Waals surface area contributed by atoms with Crippen LogP contribution < -0.4 is 0 Å². The maximum atomic E-state index is 9.30. The highest BCUT2D eigenvalue weighted by Crippen LogP contribution is 2.18. The molecule has 0 atom stereocenters. The Hall–Kier alpha value is -2.47. The molecule has 1 aromatic carbocycles. The Morgan fingerprint density at radius 3 is 2.53 bits per heavy atom. The minimum atomic E-state index is 0.0587. The first-order valence-electron chi connectivity index (χ1n) is 6.25. The van der Waals surface area contributed by atoms with Gasteiger partial charge in [-0.25, -0.2) is 0 Å². The average molecular weight is 252 g/mol. The van der Waals surface area contributed by atoms with E-state index in [2.05, 4.69) is 19.6 Å². The number of rotatable bonds is 4. The molecule has 0 radical (unpaired) electrons. The Bertz CT molecular complexity index is 630. The standard InChI is InChI=1S/C16H16N2O/c1-3-4-14-10-18(11-15(14)9-17)16-7-5-13(6-8-16)12(2)19/h5-8,10-11,19H,2-4H2,1H3. The summed E-state index contributed by atoms with van der Waals surface area (Å²) < 4.78 is 1.94. The van der Waals surface area contributed by atoms with Crippen LogP contribution in [0.15, 0.2) is 43.2 Å². The summed E-state index contributed by atoms with van der Waals surface area (Å²) in [6, 6.07) is 9.64. The van der Waals surface area contributed by atoms with Gasteiger partial charge in [0.2, 0.25) is 0 Å². The zero-order valence-corrected chi connectivity index (χ0v) is 10.9. The number of aliphatic hydroxyl groups is 1. The molecule has 1 N–H and O–H groups in total. The number of aliphatic hydroxyl groups excluding tert-OH is 1. The monoisotopic (exact) mass is 252 g/mol. The van der Waals surface area contributed by atoms with Crippen molar-refractivity contribution < 1.29 is 5.11 Å². The lowest BCUT2D eigenvalue weighted by atomic mass is 10.1. The van der Waals surface area contributed by atoms with Crippen molar-refractivity contribution in [3.8, 4) is 11.8 Å². The Morgan fingerprint density at radius 1 is 1.32 bits per heavy atom. The summed E-state index contributed by atoms with van der Waals surface area (Å²) in [7, 11) is 0. The lowest BCUT2D eigenvalue weighted by molar-refractivity contribution is 0.514. The molecule has 3 nitrogen and oxygen atoms in total. The molecule has 2 rings (SSSR count). The third-order valence-corrected chi connectivity index (χ3v) is 3.05. The maximum absolute atomic E-state index is 9.30. The number of nitrogens with zero attached hydrogens (tertiary/aromatic N) is 2. The van der Waals surface area contributed by atoms with E-state index in [1.54, 1.807) is 0 Å². The number of benzene rings is 1. The van der Waals surface area contributed by atoms with Gasteiger partial charge in [0.15, 0.2) is 0 Å². The number of hydrogen-bond acceptors (Lipinski definition) is 2. The van der Waals surface area contributed by atoms with Gasteiger partial charge in [0, 0.05) is 23.6 Å². The Balaban J connectivity index is 2.36. The molecule has 0 unspecified atom stereocenters. The number of nitriles is 1. The molecule has 3 heteroatoms. The predicted octanol–water partition coefficient (Wildman–Crippen LogP) is 3.83. The SMILES string of the molecule is C=C(O)c1ccc(-n2cc(C#N)c(CCC)c2)cc1. The molecular weight excluding hydrogens is 236 g/mol. The van der Waals surface area contributed by atoms with Gasteiger partial charge in [0.25, 0.3) is 0 Å². The summed E-state index contributed by atoms with van der Waals surface area (Å²) in [5.41, 5.74) is 3.45. The second kappa shape index (κ2) is 5.45. The number of hydrogen-bond donors (Lipinski definition) is 1. The summed E-state index contributed by atoms with van der Waals surface area (Å²) in [6.07, 6.45) is 5.75. The zero-order chi connectivity index (χ0) is 13.8. The van der Waals surface area contributed by atoms with Gasteiger partial charge < -0.3 is 9.67 Å². The van der Waals surface area contributed by atoms with Crippen LogP contribution in [0, 0.1) is 11.3 Å². The smallest absolute Gasteiger partial charge is 0.115 e. The first kappa shape index (κ1) is 13.0. The van der Waals surface area contributed by atoms with Crippen LogP contribution in [0.3, 0.4) is 0 Å². The largest absolute Gasteiger partial charge is 0.508 e. The van der Waals surface area contributed by atoms with E-state index in [1.807, 2.05) is 41.2 Å². The topological polar surface area (TPSA) is 49.0 Å². The van der Waals surface area contributed by atoms with Crippen molar-refractivity contribution in [3.63, 3.8) is 0 Å². The minimum Gasteiger partial charge on any atom is -0.508 e. The van der Waals surface area contributed by atoms with Crippen LogP contribution in [-0.2, 0) is 6.42 Å². The zero-order valence-electron chi connectivity index (χ0n) is 10.9. The summed E-state index contributed by atoms with van der Waals surface area (Å²) in [5.74, 6) is 0.0587. The van der Waals surface area contributed by atoms with Crippen molar-refractivity contribution in [3.05, 3.63) is 59.9 Å². The third-order valence-electron chi connectivity index (χ3n) is 3.05. The Kier molecular flexibility index (Phi) is 3.72. The molecule has 2 aromatic rings. The van der Waals surface area contributed by atoms with E-state index >= 15 is 0 Å². The molecule has 0 spiro atoms. The minimum absolute atomic E-state index is 0.0587. The van der Waals surface area contributed by atoms with Gasteiger partial charge in [-0.15, -0.1) is 0 Å². The van der Waals surface area contributed by atoms with E-state index in [1.165, 1.54) is 0 Å². The van der Waals surface area contributed by atoms with Gasteiger partial charge >= 0.3 is 0 Å². The Labute approximate surface area is 113 Å². The van der Waals surface area contributed by atoms with Crippen molar-refractivity contribution in [2.45, 2.75) is 19.8 Å². The molecule has 0 amide bonds. The first-order chi connectivity index (χ1) is 9.15. The fourth-order valence-corrected chi connectivity index (χ4v) is 2.04. The molecule has 96 valence electrons. The highest BCUT2D eigenvalue weighted by Gasteiger charge is 2.07. The predicted molar refractivity (Wildman–Crippen MR) is 76.1 cm³/mol. The van der Waals surface area contributed by atoms with Crippen LogP contribution in [0.5, 0.6) is 0 Å². The normalized spacial score (nSPS) is 10.1. The molecule has 0 fully saturated rings. The quantitative estimate of drug-likeness (QED) is 0.841. The van der Waals surface area contributed by atoms with Gasteiger partial charge in [-0.05, 0) is 36.2 Å². The van der Waals surface area contributed by atoms with Crippen LogP contribution >= 0.6 is 0 Å². The molecule has 0 bridgehead atoms.